The highest BCUT2D eigenvalue weighted by Crippen LogP contribution is 2.29. The summed E-state index contributed by atoms with van der Waals surface area (Å²) in [4.78, 5) is 13.3. The summed E-state index contributed by atoms with van der Waals surface area (Å²) in [6.45, 7) is 6.04. The minimum absolute atomic E-state index is 0.0469. The van der Waals surface area contributed by atoms with Gasteiger partial charge in [-0.1, -0.05) is 48.0 Å². The number of rotatable bonds is 8. The Hall–Kier alpha value is -3.12. The maximum atomic E-state index is 13.4. The van der Waals surface area contributed by atoms with E-state index in [1.807, 2.05) is 51.1 Å². The van der Waals surface area contributed by atoms with Crippen LogP contribution in [0.3, 0.4) is 0 Å². The van der Waals surface area contributed by atoms with E-state index in [4.69, 9.17) is 4.74 Å². The fraction of sp³-hybridized carbons (Fsp3) is 0.240. The van der Waals surface area contributed by atoms with E-state index in [0.29, 0.717) is 18.7 Å². The summed E-state index contributed by atoms with van der Waals surface area (Å²) in [5, 5.41) is 0. The SMILES string of the molecule is Cc1ccc(OCCCC(=O)N(c2cccc(C)c2C)S(=O)(=O)c2ccccc2)cc1. The molecule has 3 rings (SSSR count). The summed E-state index contributed by atoms with van der Waals surface area (Å²) in [7, 11) is -4.04. The number of benzene rings is 3. The second-order valence-electron chi connectivity index (χ2n) is 7.46. The number of carbonyl (C=O) groups is 1. The molecular formula is C25H27NO4S. The van der Waals surface area contributed by atoms with Crippen molar-refractivity contribution in [3.05, 3.63) is 89.5 Å². The van der Waals surface area contributed by atoms with Crippen LogP contribution in [0.4, 0.5) is 5.69 Å². The van der Waals surface area contributed by atoms with E-state index in [2.05, 4.69) is 0 Å². The number of aryl methyl sites for hydroxylation is 2. The molecule has 0 unspecified atom stereocenters. The number of carbonyl (C=O) groups excluding carboxylic acids is 1. The van der Waals surface area contributed by atoms with Crippen LogP contribution >= 0.6 is 0 Å². The second-order valence-corrected chi connectivity index (χ2v) is 9.25. The molecule has 0 aliphatic rings. The lowest BCUT2D eigenvalue weighted by Gasteiger charge is -2.25. The van der Waals surface area contributed by atoms with E-state index in [1.54, 1.807) is 30.3 Å². The summed E-state index contributed by atoms with van der Waals surface area (Å²) in [5.74, 6) is 0.242. The van der Waals surface area contributed by atoms with E-state index < -0.39 is 15.9 Å². The molecule has 0 aliphatic carbocycles. The Morgan fingerprint density at radius 3 is 2.23 bits per heavy atom. The molecule has 6 heteroatoms. The summed E-state index contributed by atoms with van der Waals surface area (Å²) in [6, 6.07) is 21.0. The highest BCUT2D eigenvalue weighted by atomic mass is 32.2. The minimum atomic E-state index is -4.04. The molecule has 0 bridgehead atoms. The molecule has 0 saturated carbocycles. The van der Waals surface area contributed by atoms with Crippen molar-refractivity contribution in [2.75, 3.05) is 10.9 Å². The van der Waals surface area contributed by atoms with E-state index in [9.17, 15) is 13.2 Å². The third kappa shape index (κ3) is 5.33. The molecule has 3 aromatic carbocycles. The maximum absolute atomic E-state index is 13.4. The zero-order valence-electron chi connectivity index (χ0n) is 18.0. The summed E-state index contributed by atoms with van der Waals surface area (Å²) in [6.07, 6.45) is 0.448. The molecule has 5 nitrogen and oxygen atoms in total. The van der Waals surface area contributed by atoms with Gasteiger partial charge in [0.15, 0.2) is 0 Å². The fourth-order valence-corrected chi connectivity index (χ4v) is 4.73. The van der Waals surface area contributed by atoms with Crippen molar-refractivity contribution in [1.29, 1.82) is 0 Å². The Morgan fingerprint density at radius 1 is 0.871 bits per heavy atom. The van der Waals surface area contributed by atoms with Gasteiger partial charge in [-0.05, 0) is 68.7 Å². The number of amides is 1. The van der Waals surface area contributed by atoms with Crippen LogP contribution in [0.5, 0.6) is 5.75 Å². The van der Waals surface area contributed by atoms with Gasteiger partial charge in [0, 0.05) is 6.42 Å². The van der Waals surface area contributed by atoms with Crippen molar-refractivity contribution in [3.8, 4) is 5.75 Å². The van der Waals surface area contributed by atoms with Crippen LogP contribution in [0.15, 0.2) is 77.7 Å². The lowest BCUT2D eigenvalue weighted by atomic mass is 10.1. The number of ether oxygens (including phenoxy) is 1. The van der Waals surface area contributed by atoms with Gasteiger partial charge in [0.05, 0.1) is 17.2 Å². The first-order valence-electron chi connectivity index (χ1n) is 10.2. The summed E-state index contributed by atoms with van der Waals surface area (Å²) in [5.41, 5.74) is 3.19. The quantitative estimate of drug-likeness (QED) is 0.455. The van der Waals surface area contributed by atoms with Gasteiger partial charge in [0.25, 0.3) is 10.0 Å². The number of hydrogen-bond acceptors (Lipinski definition) is 4. The Labute approximate surface area is 184 Å². The average Bonchev–Trinajstić information content (AvgIpc) is 2.76. The zero-order chi connectivity index (χ0) is 22.4. The Morgan fingerprint density at radius 2 is 1.55 bits per heavy atom. The molecule has 0 atom stereocenters. The van der Waals surface area contributed by atoms with E-state index in [1.165, 1.54) is 12.1 Å². The Kier molecular flexibility index (Phi) is 7.13. The van der Waals surface area contributed by atoms with Crippen LogP contribution in [-0.2, 0) is 14.8 Å². The predicted octanol–water partition coefficient (Wildman–Crippen LogP) is 5.19. The van der Waals surface area contributed by atoms with Crippen LogP contribution in [0.1, 0.15) is 29.5 Å². The van der Waals surface area contributed by atoms with Gasteiger partial charge in [0.1, 0.15) is 5.75 Å². The fourth-order valence-electron chi connectivity index (χ4n) is 3.20. The number of anilines is 1. The van der Waals surface area contributed by atoms with Crippen molar-refractivity contribution >= 4 is 21.6 Å². The third-order valence-corrected chi connectivity index (χ3v) is 6.88. The molecule has 0 N–H and O–H groups in total. The monoisotopic (exact) mass is 437 g/mol. The van der Waals surface area contributed by atoms with Gasteiger partial charge in [-0.3, -0.25) is 4.79 Å². The minimum Gasteiger partial charge on any atom is -0.494 e. The lowest BCUT2D eigenvalue weighted by molar-refractivity contribution is -0.117. The molecule has 0 fully saturated rings. The van der Waals surface area contributed by atoms with Crippen molar-refractivity contribution in [1.82, 2.24) is 0 Å². The molecule has 0 radical (unpaired) electrons. The molecule has 31 heavy (non-hydrogen) atoms. The van der Waals surface area contributed by atoms with Crippen molar-refractivity contribution in [3.63, 3.8) is 0 Å². The molecule has 1 amide bonds. The van der Waals surface area contributed by atoms with Crippen LogP contribution in [0.25, 0.3) is 0 Å². The highest BCUT2D eigenvalue weighted by Gasteiger charge is 2.31. The third-order valence-electron chi connectivity index (χ3n) is 5.13. The van der Waals surface area contributed by atoms with Crippen LogP contribution in [0.2, 0.25) is 0 Å². The van der Waals surface area contributed by atoms with Gasteiger partial charge in [-0.15, -0.1) is 0 Å². The van der Waals surface area contributed by atoms with Gasteiger partial charge in [0.2, 0.25) is 5.91 Å². The molecule has 0 aromatic heterocycles. The molecule has 0 aliphatic heterocycles. The van der Waals surface area contributed by atoms with E-state index in [0.717, 1.165) is 26.7 Å². The molecule has 162 valence electrons. The lowest BCUT2D eigenvalue weighted by Crippen LogP contribution is -2.37. The average molecular weight is 438 g/mol. The first-order valence-corrected chi connectivity index (χ1v) is 11.6. The molecule has 0 saturated heterocycles. The van der Waals surface area contributed by atoms with Crippen molar-refractivity contribution in [2.45, 2.75) is 38.5 Å². The first kappa shape index (κ1) is 22.6. The largest absolute Gasteiger partial charge is 0.494 e. The molecule has 3 aromatic rings. The predicted molar refractivity (Wildman–Crippen MR) is 123 cm³/mol. The van der Waals surface area contributed by atoms with Gasteiger partial charge in [-0.25, -0.2) is 12.7 Å². The number of hydrogen-bond donors (Lipinski definition) is 0. The van der Waals surface area contributed by atoms with Crippen LogP contribution < -0.4 is 9.04 Å². The molecule has 0 heterocycles. The molecular weight excluding hydrogens is 410 g/mol. The summed E-state index contributed by atoms with van der Waals surface area (Å²) < 4.78 is 33.4. The number of nitrogens with zero attached hydrogens (tertiary/aromatic N) is 1. The normalized spacial score (nSPS) is 11.2. The number of sulfonamides is 1. The van der Waals surface area contributed by atoms with Crippen LogP contribution in [-0.4, -0.2) is 20.9 Å². The van der Waals surface area contributed by atoms with Crippen molar-refractivity contribution in [2.24, 2.45) is 0 Å². The Balaban J connectivity index is 1.81. The Bertz CT molecular complexity index is 1140. The smallest absolute Gasteiger partial charge is 0.270 e. The van der Waals surface area contributed by atoms with Crippen LogP contribution in [0, 0.1) is 20.8 Å². The van der Waals surface area contributed by atoms with Gasteiger partial charge in [-0.2, -0.15) is 0 Å². The van der Waals surface area contributed by atoms with E-state index >= 15 is 0 Å². The van der Waals surface area contributed by atoms with Gasteiger partial charge >= 0.3 is 0 Å². The van der Waals surface area contributed by atoms with E-state index in [-0.39, 0.29) is 11.3 Å². The zero-order valence-corrected chi connectivity index (χ0v) is 18.9. The first-order chi connectivity index (χ1) is 14.8. The summed E-state index contributed by atoms with van der Waals surface area (Å²) >= 11 is 0. The maximum Gasteiger partial charge on any atom is 0.270 e. The standard InChI is InChI=1S/C25H27NO4S/c1-19-14-16-22(17-15-19)30-18-8-13-25(27)26(24-12-7-9-20(2)21(24)3)31(28,29)23-10-5-4-6-11-23/h4-7,9-12,14-17H,8,13,18H2,1-3H3. The van der Waals surface area contributed by atoms with Gasteiger partial charge < -0.3 is 4.74 Å². The second kappa shape index (κ2) is 9.79. The highest BCUT2D eigenvalue weighted by molar-refractivity contribution is 7.93. The topological polar surface area (TPSA) is 63.7 Å². The molecule has 0 spiro atoms. The van der Waals surface area contributed by atoms with Crippen molar-refractivity contribution < 1.29 is 17.9 Å².